The number of pyridine rings is 1. The maximum Gasteiger partial charge on any atom is 0.212 e. The summed E-state index contributed by atoms with van der Waals surface area (Å²) in [7, 11) is 1.61. The Morgan fingerprint density at radius 2 is 2.00 bits per heavy atom. The van der Waals surface area contributed by atoms with Gasteiger partial charge in [-0.25, -0.2) is 15.0 Å². The average molecular weight is 286 g/mol. The van der Waals surface area contributed by atoms with E-state index < -0.39 is 0 Å². The van der Waals surface area contributed by atoms with Gasteiger partial charge in [0.05, 0.1) is 12.8 Å². The fraction of sp³-hybridized carbons (Fsp3) is 0.438. The van der Waals surface area contributed by atoms with Gasteiger partial charge < -0.3 is 10.1 Å². The number of methoxy groups -OCH3 is 1. The highest BCUT2D eigenvalue weighted by Gasteiger charge is 2.12. The second-order valence-electron chi connectivity index (χ2n) is 4.83. The molecule has 0 saturated heterocycles. The molecule has 21 heavy (non-hydrogen) atoms. The molecule has 0 aliphatic heterocycles. The van der Waals surface area contributed by atoms with E-state index in [0.29, 0.717) is 5.88 Å². The molecule has 0 radical (unpaired) electrons. The molecule has 2 heterocycles. The van der Waals surface area contributed by atoms with E-state index in [1.54, 1.807) is 13.3 Å². The van der Waals surface area contributed by atoms with Gasteiger partial charge in [-0.2, -0.15) is 0 Å². The molecule has 0 bridgehead atoms. The zero-order valence-corrected chi connectivity index (χ0v) is 13.1. The van der Waals surface area contributed by atoms with Gasteiger partial charge in [-0.1, -0.05) is 13.8 Å². The van der Waals surface area contributed by atoms with Crippen LogP contribution in [-0.2, 0) is 6.42 Å². The lowest BCUT2D eigenvalue weighted by molar-refractivity contribution is 0.398. The molecule has 0 amide bonds. The summed E-state index contributed by atoms with van der Waals surface area (Å²) in [5, 5.41) is 3.37. The predicted molar refractivity (Wildman–Crippen MR) is 84.7 cm³/mol. The lowest BCUT2D eigenvalue weighted by Gasteiger charge is -2.13. The molecule has 0 aromatic carbocycles. The van der Waals surface area contributed by atoms with E-state index in [9.17, 15) is 0 Å². The predicted octanol–water partition coefficient (Wildman–Crippen LogP) is 3.24. The van der Waals surface area contributed by atoms with Crippen molar-refractivity contribution in [2.24, 2.45) is 0 Å². The Balaban J connectivity index is 2.44. The summed E-state index contributed by atoms with van der Waals surface area (Å²) in [5.41, 5.74) is 2.95. The zero-order valence-electron chi connectivity index (χ0n) is 13.1. The van der Waals surface area contributed by atoms with E-state index in [1.165, 1.54) is 0 Å². The summed E-state index contributed by atoms with van der Waals surface area (Å²) in [5.74, 6) is 2.35. The Kier molecular flexibility index (Phi) is 5.09. The van der Waals surface area contributed by atoms with Crippen LogP contribution >= 0.6 is 0 Å². The maximum atomic E-state index is 5.10. The number of anilines is 1. The molecule has 112 valence electrons. The second-order valence-corrected chi connectivity index (χ2v) is 4.83. The Morgan fingerprint density at radius 1 is 1.19 bits per heavy atom. The van der Waals surface area contributed by atoms with Crippen molar-refractivity contribution in [1.82, 2.24) is 15.0 Å². The van der Waals surface area contributed by atoms with Gasteiger partial charge in [-0.15, -0.1) is 0 Å². The number of nitrogens with zero attached hydrogens (tertiary/aromatic N) is 3. The van der Waals surface area contributed by atoms with Crippen LogP contribution < -0.4 is 10.1 Å². The highest BCUT2D eigenvalue weighted by atomic mass is 16.5. The van der Waals surface area contributed by atoms with Crippen LogP contribution in [0.25, 0.3) is 11.3 Å². The number of ether oxygens (including phenoxy) is 1. The van der Waals surface area contributed by atoms with Gasteiger partial charge in [0.2, 0.25) is 5.88 Å². The molecule has 0 fully saturated rings. The van der Waals surface area contributed by atoms with E-state index in [4.69, 9.17) is 4.74 Å². The van der Waals surface area contributed by atoms with E-state index in [1.807, 2.05) is 19.1 Å². The van der Waals surface area contributed by atoms with E-state index in [2.05, 4.69) is 34.1 Å². The standard InChI is InChI=1S/C16H22N4O/c1-5-9-17-16-11(3)15(19-13(6-2)20-16)12-7-8-14(21-4)18-10-12/h7-8,10H,5-6,9H2,1-4H3,(H,17,19,20). The maximum absolute atomic E-state index is 5.10. The Labute approximate surface area is 125 Å². The second kappa shape index (κ2) is 7.02. The quantitative estimate of drug-likeness (QED) is 0.883. The van der Waals surface area contributed by atoms with Crippen molar-refractivity contribution in [3.05, 3.63) is 29.7 Å². The molecule has 0 aliphatic rings. The van der Waals surface area contributed by atoms with Crippen molar-refractivity contribution in [3.8, 4) is 17.1 Å². The van der Waals surface area contributed by atoms with E-state index >= 15 is 0 Å². The van der Waals surface area contributed by atoms with Gasteiger partial charge in [-0.3, -0.25) is 0 Å². The van der Waals surface area contributed by atoms with Crippen LogP contribution in [0.15, 0.2) is 18.3 Å². The summed E-state index contributed by atoms with van der Waals surface area (Å²) in [6, 6.07) is 3.83. The molecule has 0 saturated carbocycles. The zero-order chi connectivity index (χ0) is 15.2. The molecule has 5 heteroatoms. The van der Waals surface area contributed by atoms with Crippen LogP contribution in [0.5, 0.6) is 5.88 Å². The first-order valence-electron chi connectivity index (χ1n) is 7.31. The third-order valence-corrected chi connectivity index (χ3v) is 3.27. The van der Waals surface area contributed by atoms with E-state index in [0.717, 1.165) is 47.8 Å². The number of aromatic nitrogens is 3. The van der Waals surface area contributed by atoms with Crippen molar-refractivity contribution >= 4 is 5.82 Å². The van der Waals surface area contributed by atoms with Crippen molar-refractivity contribution in [2.45, 2.75) is 33.6 Å². The van der Waals surface area contributed by atoms with Crippen LogP contribution in [0.1, 0.15) is 31.7 Å². The summed E-state index contributed by atoms with van der Waals surface area (Å²) >= 11 is 0. The monoisotopic (exact) mass is 286 g/mol. The molecule has 0 spiro atoms. The summed E-state index contributed by atoms with van der Waals surface area (Å²) in [4.78, 5) is 13.5. The molecule has 0 unspecified atom stereocenters. The van der Waals surface area contributed by atoms with Crippen LogP contribution in [-0.4, -0.2) is 28.6 Å². The first-order valence-corrected chi connectivity index (χ1v) is 7.31. The average Bonchev–Trinajstić information content (AvgIpc) is 2.54. The van der Waals surface area contributed by atoms with Crippen LogP contribution in [0, 0.1) is 6.92 Å². The number of aryl methyl sites for hydroxylation is 1. The Bertz CT molecular complexity index is 596. The molecular weight excluding hydrogens is 264 g/mol. The lowest BCUT2D eigenvalue weighted by atomic mass is 10.1. The molecule has 0 atom stereocenters. The van der Waals surface area contributed by atoms with Crippen molar-refractivity contribution in [1.29, 1.82) is 0 Å². The SMILES string of the molecule is CCCNc1nc(CC)nc(-c2ccc(OC)nc2)c1C. The summed E-state index contributed by atoms with van der Waals surface area (Å²) < 4.78 is 5.10. The van der Waals surface area contributed by atoms with Gasteiger partial charge in [0.25, 0.3) is 0 Å². The molecule has 2 rings (SSSR count). The topological polar surface area (TPSA) is 59.9 Å². The minimum Gasteiger partial charge on any atom is -0.481 e. The fourth-order valence-electron chi connectivity index (χ4n) is 2.06. The highest BCUT2D eigenvalue weighted by Crippen LogP contribution is 2.26. The third kappa shape index (κ3) is 3.48. The van der Waals surface area contributed by atoms with Crippen molar-refractivity contribution in [3.63, 3.8) is 0 Å². The number of hydrogen-bond donors (Lipinski definition) is 1. The Morgan fingerprint density at radius 3 is 2.57 bits per heavy atom. The van der Waals surface area contributed by atoms with Crippen molar-refractivity contribution in [2.75, 3.05) is 19.0 Å². The van der Waals surface area contributed by atoms with Gasteiger partial charge in [0.15, 0.2) is 0 Å². The van der Waals surface area contributed by atoms with Gasteiger partial charge >= 0.3 is 0 Å². The normalized spacial score (nSPS) is 10.5. The lowest BCUT2D eigenvalue weighted by Crippen LogP contribution is -2.08. The van der Waals surface area contributed by atoms with E-state index in [-0.39, 0.29) is 0 Å². The minimum atomic E-state index is 0.602. The Hall–Kier alpha value is -2.17. The molecular formula is C16H22N4O. The van der Waals surface area contributed by atoms with Crippen molar-refractivity contribution < 1.29 is 4.74 Å². The van der Waals surface area contributed by atoms with Crippen LogP contribution in [0.4, 0.5) is 5.82 Å². The molecule has 2 aromatic rings. The van der Waals surface area contributed by atoms with Gasteiger partial charge in [0.1, 0.15) is 11.6 Å². The third-order valence-electron chi connectivity index (χ3n) is 3.27. The fourth-order valence-corrected chi connectivity index (χ4v) is 2.06. The summed E-state index contributed by atoms with van der Waals surface area (Å²) in [6.45, 7) is 7.14. The minimum absolute atomic E-state index is 0.602. The first kappa shape index (κ1) is 15.2. The van der Waals surface area contributed by atoms with Crippen LogP contribution in [0.2, 0.25) is 0 Å². The van der Waals surface area contributed by atoms with Crippen LogP contribution in [0.3, 0.4) is 0 Å². The smallest absolute Gasteiger partial charge is 0.212 e. The number of nitrogens with one attached hydrogen (secondary N) is 1. The molecule has 0 aliphatic carbocycles. The molecule has 2 aromatic heterocycles. The molecule has 5 nitrogen and oxygen atoms in total. The number of rotatable bonds is 6. The largest absolute Gasteiger partial charge is 0.481 e. The molecule has 1 N–H and O–H groups in total. The number of hydrogen-bond acceptors (Lipinski definition) is 5. The van der Waals surface area contributed by atoms with Gasteiger partial charge in [-0.05, 0) is 19.4 Å². The summed E-state index contributed by atoms with van der Waals surface area (Å²) in [6.07, 6.45) is 3.65. The highest BCUT2D eigenvalue weighted by molar-refractivity contribution is 5.67. The van der Waals surface area contributed by atoms with Gasteiger partial charge in [0, 0.05) is 36.4 Å². The first-order chi connectivity index (χ1) is 10.2.